The standard InChI is InChI=1S/C25H17N/c1-2-8-18(9-3-1)22-14-13-21-16-19-10-4-5-11-20(19)17-23(21)25(22)24-12-6-7-15-26-24/h1-17H. The van der Waals surface area contributed by atoms with Crippen molar-refractivity contribution in [3.8, 4) is 22.4 Å². The Hall–Kier alpha value is -3.45. The fraction of sp³-hybridized carbons (Fsp3) is 0. The molecular weight excluding hydrogens is 314 g/mol. The zero-order valence-corrected chi connectivity index (χ0v) is 14.3. The van der Waals surface area contributed by atoms with Gasteiger partial charge in [0.25, 0.3) is 0 Å². The molecule has 0 saturated carbocycles. The van der Waals surface area contributed by atoms with Crippen LogP contribution >= 0.6 is 0 Å². The summed E-state index contributed by atoms with van der Waals surface area (Å²) >= 11 is 0. The predicted octanol–water partition coefficient (Wildman–Crippen LogP) is 6.72. The lowest BCUT2D eigenvalue weighted by Gasteiger charge is -2.14. The Morgan fingerprint density at radius 1 is 0.538 bits per heavy atom. The summed E-state index contributed by atoms with van der Waals surface area (Å²) in [5.74, 6) is 0. The molecule has 0 unspecified atom stereocenters. The molecule has 4 aromatic carbocycles. The van der Waals surface area contributed by atoms with Crippen LogP contribution < -0.4 is 0 Å². The first-order valence-corrected chi connectivity index (χ1v) is 8.82. The lowest BCUT2D eigenvalue weighted by atomic mass is 9.90. The van der Waals surface area contributed by atoms with Gasteiger partial charge in [0.15, 0.2) is 0 Å². The van der Waals surface area contributed by atoms with Crippen molar-refractivity contribution in [2.24, 2.45) is 0 Å². The van der Waals surface area contributed by atoms with Gasteiger partial charge < -0.3 is 0 Å². The maximum atomic E-state index is 4.67. The molecule has 0 saturated heterocycles. The molecule has 122 valence electrons. The van der Waals surface area contributed by atoms with Crippen LogP contribution in [0.25, 0.3) is 43.9 Å². The van der Waals surface area contributed by atoms with Gasteiger partial charge in [-0.25, -0.2) is 0 Å². The van der Waals surface area contributed by atoms with Crippen LogP contribution in [0.3, 0.4) is 0 Å². The summed E-state index contributed by atoms with van der Waals surface area (Å²) in [5, 5.41) is 5.00. The van der Waals surface area contributed by atoms with Crippen molar-refractivity contribution >= 4 is 21.5 Å². The molecule has 0 radical (unpaired) electrons. The molecule has 0 spiro atoms. The summed E-state index contributed by atoms with van der Waals surface area (Å²) in [4.78, 5) is 4.67. The van der Waals surface area contributed by atoms with Crippen LogP contribution in [0.2, 0.25) is 0 Å². The van der Waals surface area contributed by atoms with E-state index >= 15 is 0 Å². The number of pyridine rings is 1. The summed E-state index contributed by atoms with van der Waals surface area (Å²) in [6, 6.07) is 34.2. The van der Waals surface area contributed by atoms with E-state index in [1.807, 2.05) is 12.3 Å². The molecular formula is C25H17N. The Balaban J connectivity index is 1.92. The van der Waals surface area contributed by atoms with E-state index < -0.39 is 0 Å². The Kier molecular flexibility index (Phi) is 3.50. The third kappa shape index (κ3) is 2.46. The van der Waals surface area contributed by atoms with Crippen molar-refractivity contribution in [2.75, 3.05) is 0 Å². The molecule has 0 amide bonds. The Labute approximate surface area is 152 Å². The van der Waals surface area contributed by atoms with E-state index in [1.54, 1.807) is 0 Å². The highest BCUT2D eigenvalue weighted by atomic mass is 14.7. The molecule has 26 heavy (non-hydrogen) atoms. The first-order chi connectivity index (χ1) is 12.9. The third-order valence-electron chi connectivity index (χ3n) is 4.89. The molecule has 1 aromatic heterocycles. The molecule has 0 N–H and O–H groups in total. The van der Waals surface area contributed by atoms with Gasteiger partial charge in [-0.05, 0) is 56.9 Å². The van der Waals surface area contributed by atoms with E-state index in [0.29, 0.717) is 0 Å². The third-order valence-corrected chi connectivity index (χ3v) is 4.89. The van der Waals surface area contributed by atoms with Crippen molar-refractivity contribution in [2.45, 2.75) is 0 Å². The minimum absolute atomic E-state index is 1.01. The molecule has 0 bridgehead atoms. The zero-order valence-electron chi connectivity index (χ0n) is 14.3. The number of benzene rings is 4. The van der Waals surface area contributed by atoms with Gasteiger partial charge in [0.2, 0.25) is 0 Å². The average Bonchev–Trinajstić information content (AvgIpc) is 2.72. The van der Waals surface area contributed by atoms with Crippen molar-refractivity contribution in [1.82, 2.24) is 4.98 Å². The molecule has 0 aliphatic carbocycles. The quantitative estimate of drug-likeness (QED) is 0.327. The van der Waals surface area contributed by atoms with Gasteiger partial charge in [0, 0.05) is 11.8 Å². The van der Waals surface area contributed by atoms with Crippen molar-refractivity contribution in [1.29, 1.82) is 0 Å². The van der Waals surface area contributed by atoms with Crippen LogP contribution in [-0.4, -0.2) is 4.98 Å². The minimum atomic E-state index is 1.01. The van der Waals surface area contributed by atoms with Crippen LogP contribution in [0.1, 0.15) is 0 Å². The summed E-state index contributed by atoms with van der Waals surface area (Å²) in [6.45, 7) is 0. The molecule has 0 aliphatic heterocycles. The first-order valence-electron chi connectivity index (χ1n) is 8.82. The van der Waals surface area contributed by atoms with Gasteiger partial charge in [-0.1, -0.05) is 72.8 Å². The lowest BCUT2D eigenvalue weighted by Crippen LogP contribution is -1.90. The van der Waals surface area contributed by atoms with E-state index in [0.717, 1.165) is 5.69 Å². The smallest absolute Gasteiger partial charge is 0.0714 e. The second-order valence-corrected chi connectivity index (χ2v) is 6.49. The van der Waals surface area contributed by atoms with E-state index in [9.17, 15) is 0 Å². The maximum Gasteiger partial charge on any atom is 0.0714 e. The minimum Gasteiger partial charge on any atom is -0.256 e. The van der Waals surface area contributed by atoms with E-state index in [2.05, 4.69) is 96.0 Å². The highest BCUT2D eigenvalue weighted by Gasteiger charge is 2.13. The van der Waals surface area contributed by atoms with Gasteiger partial charge in [-0.3, -0.25) is 4.98 Å². The van der Waals surface area contributed by atoms with E-state index in [4.69, 9.17) is 0 Å². The van der Waals surface area contributed by atoms with Gasteiger partial charge in [-0.15, -0.1) is 0 Å². The molecule has 1 nitrogen and oxygen atoms in total. The second kappa shape index (κ2) is 6.12. The summed E-state index contributed by atoms with van der Waals surface area (Å²) < 4.78 is 0. The normalized spacial score (nSPS) is 11.1. The first kappa shape index (κ1) is 14.9. The summed E-state index contributed by atoms with van der Waals surface area (Å²) in [6.07, 6.45) is 1.87. The van der Waals surface area contributed by atoms with Gasteiger partial charge >= 0.3 is 0 Å². The molecule has 0 aliphatic rings. The SMILES string of the molecule is c1ccc(-c2ccc3cc4ccccc4cc3c2-c2ccccn2)cc1. The van der Waals surface area contributed by atoms with Gasteiger partial charge in [-0.2, -0.15) is 0 Å². The lowest BCUT2D eigenvalue weighted by molar-refractivity contribution is 1.33. The van der Waals surface area contributed by atoms with Crippen LogP contribution in [0.5, 0.6) is 0 Å². The zero-order chi connectivity index (χ0) is 17.3. The van der Waals surface area contributed by atoms with Crippen LogP contribution in [-0.2, 0) is 0 Å². The van der Waals surface area contributed by atoms with Crippen molar-refractivity contribution in [3.63, 3.8) is 0 Å². The van der Waals surface area contributed by atoms with Crippen LogP contribution in [0.4, 0.5) is 0 Å². The summed E-state index contributed by atoms with van der Waals surface area (Å²) in [5.41, 5.74) is 4.63. The number of hydrogen-bond donors (Lipinski definition) is 0. The number of rotatable bonds is 2. The van der Waals surface area contributed by atoms with Crippen LogP contribution in [0, 0.1) is 0 Å². The fourth-order valence-corrected chi connectivity index (χ4v) is 3.66. The maximum absolute atomic E-state index is 4.67. The van der Waals surface area contributed by atoms with E-state index in [-0.39, 0.29) is 0 Å². The molecule has 0 fully saturated rings. The number of nitrogens with zero attached hydrogens (tertiary/aromatic N) is 1. The molecule has 5 aromatic rings. The van der Waals surface area contributed by atoms with Gasteiger partial charge in [0.05, 0.1) is 5.69 Å². The van der Waals surface area contributed by atoms with E-state index in [1.165, 1.54) is 38.2 Å². The highest BCUT2D eigenvalue weighted by molar-refractivity contribution is 6.08. The Morgan fingerprint density at radius 2 is 1.27 bits per heavy atom. The van der Waals surface area contributed by atoms with Crippen LogP contribution in [0.15, 0.2) is 103 Å². The molecule has 1 heterocycles. The average molecular weight is 331 g/mol. The molecule has 1 heteroatoms. The second-order valence-electron chi connectivity index (χ2n) is 6.49. The number of aromatic nitrogens is 1. The molecule has 5 rings (SSSR count). The van der Waals surface area contributed by atoms with Gasteiger partial charge in [0.1, 0.15) is 0 Å². The number of fused-ring (bicyclic) bond motifs is 2. The Morgan fingerprint density at radius 3 is 2.04 bits per heavy atom. The monoisotopic (exact) mass is 331 g/mol. The largest absolute Gasteiger partial charge is 0.256 e. The topological polar surface area (TPSA) is 12.9 Å². The van der Waals surface area contributed by atoms with Crippen molar-refractivity contribution < 1.29 is 0 Å². The Bertz CT molecular complexity index is 1210. The fourth-order valence-electron chi connectivity index (χ4n) is 3.66. The van der Waals surface area contributed by atoms with Crippen molar-refractivity contribution in [3.05, 3.63) is 103 Å². The number of hydrogen-bond acceptors (Lipinski definition) is 1. The summed E-state index contributed by atoms with van der Waals surface area (Å²) in [7, 11) is 0. The predicted molar refractivity (Wildman–Crippen MR) is 110 cm³/mol. The molecule has 0 atom stereocenters. The highest BCUT2D eigenvalue weighted by Crippen LogP contribution is 2.38.